The van der Waals surface area contributed by atoms with Gasteiger partial charge in [-0.1, -0.05) is 41.4 Å². The van der Waals surface area contributed by atoms with E-state index in [0.717, 1.165) is 0 Å². The summed E-state index contributed by atoms with van der Waals surface area (Å²) in [5.41, 5.74) is 0.963. The van der Waals surface area contributed by atoms with Crippen molar-refractivity contribution >= 4 is 35.1 Å². The summed E-state index contributed by atoms with van der Waals surface area (Å²) in [5, 5.41) is 0.988. The molecule has 0 atom stereocenters. The lowest BCUT2D eigenvalue weighted by molar-refractivity contribution is 0.0466. The van der Waals surface area contributed by atoms with Gasteiger partial charge in [0.1, 0.15) is 19.0 Å². The van der Waals surface area contributed by atoms with Gasteiger partial charge in [0.05, 0.1) is 11.1 Å². The molecular weight excluding hydrogens is 418 g/mol. The van der Waals surface area contributed by atoms with E-state index in [1.54, 1.807) is 30.3 Å². The highest BCUT2D eigenvalue weighted by atomic mass is 35.5. The Hall–Kier alpha value is -2.89. The zero-order valence-corrected chi connectivity index (χ0v) is 16.5. The zero-order chi connectivity index (χ0) is 20.8. The van der Waals surface area contributed by atoms with Gasteiger partial charge in [-0.2, -0.15) is 0 Å². The van der Waals surface area contributed by atoms with Gasteiger partial charge in [-0.25, -0.2) is 14.0 Å². The first-order valence-electron chi connectivity index (χ1n) is 8.55. The van der Waals surface area contributed by atoms with Crippen molar-refractivity contribution in [2.45, 2.75) is 13.2 Å². The molecule has 0 aliphatic carbocycles. The molecule has 0 aliphatic heterocycles. The minimum atomic E-state index is -0.597. The van der Waals surface area contributed by atoms with Crippen LogP contribution in [0.25, 0.3) is 0 Å². The summed E-state index contributed by atoms with van der Waals surface area (Å²) < 4.78 is 25.0. The van der Waals surface area contributed by atoms with Crippen molar-refractivity contribution in [3.63, 3.8) is 0 Å². The van der Waals surface area contributed by atoms with E-state index in [-0.39, 0.29) is 24.3 Å². The van der Waals surface area contributed by atoms with Gasteiger partial charge < -0.3 is 9.47 Å². The van der Waals surface area contributed by atoms with Gasteiger partial charge in [-0.15, -0.1) is 0 Å². The van der Waals surface area contributed by atoms with Crippen LogP contribution in [0.2, 0.25) is 10.0 Å². The molecule has 0 saturated heterocycles. The number of esters is 2. The van der Waals surface area contributed by atoms with Crippen LogP contribution in [0.4, 0.5) is 4.39 Å². The van der Waals surface area contributed by atoms with Gasteiger partial charge in [0, 0.05) is 21.2 Å². The highest BCUT2D eigenvalue weighted by Gasteiger charge is 2.14. The van der Waals surface area contributed by atoms with Crippen LogP contribution in [-0.2, 0) is 22.7 Å². The molecule has 0 N–H and O–H groups in total. The fourth-order valence-corrected chi connectivity index (χ4v) is 2.73. The van der Waals surface area contributed by atoms with Crippen LogP contribution in [0.15, 0.2) is 66.7 Å². The van der Waals surface area contributed by atoms with E-state index in [2.05, 4.69) is 0 Å². The molecule has 3 aromatic carbocycles. The largest absolute Gasteiger partial charge is 0.457 e. The van der Waals surface area contributed by atoms with Crippen LogP contribution in [0.5, 0.6) is 0 Å². The molecular formula is C22H15Cl2FO4. The lowest BCUT2D eigenvalue weighted by Gasteiger charge is -2.10. The first-order chi connectivity index (χ1) is 13.9. The highest BCUT2D eigenvalue weighted by Crippen LogP contribution is 2.18. The number of carbonyl (C=O) groups is 2. The fourth-order valence-electron chi connectivity index (χ4n) is 2.48. The van der Waals surface area contributed by atoms with Crippen LogP contribution in [0.1, 0.15) is 31.8 Å². The Morgan fingerprint density at radius 2 is 1.07 bits per heavy atom. The second kappa shape index (κ2) is 9.54. The van der Waals surface area contributed by atoms with Crippen LogP contribution >= 0.6 is 23.2 Å². The van der Waals surface area contributed by atoms with Crippen LogP contribution in [-0.4, -0.2) is 11.9 Å². The van der Waals surface area contributed by atoms with Crippen molar-refractivity contribution in [1.82, 2.24) is 0 Å². The smallest absolute Gasteiger partial charge is 0.338 e. The van der Waals surface area contributed by atoms with Crippen LogP contribution in [0, 0.1) is 5.82 Å². The standard InChI is InChI=1S/C22H15Cl2FO4/c23-18-8-4-14(5-9-18)21(26)28-12-16-2-1-3-17(20(16)25)13-29-22(27)15-6-10-19(24)11-7-15/h1-11H,12-13H2. The van der Waals surface area contributed by atoms with E-state index >= 15 is 0 Å². The number of rotatable bonds is 6. The molecule has 0 heterocycles. The second-order valence-electron chi connectivity index (χ2n) is 6.06. The quantitative estimate of drug-likeness (QED) is 0.458. The van der Waals surface area contributed by atoms with Crippen molar-refractivity contribution < 1.29 is 23.5 Å². The predicted molar refractivity (Wildman–Crippen MR) is 108 cm³/mol. The van der Waals surface area contributed by atoms with Crippen molar-refractivity contribution in [2.75, 3.05) is 0 Å². The first-order valence-corrected chi connectivity index (χ1v) is 9.31. The normalized spacial score (nSPS) is 10.4. The summed E-state index contributed by atoms with van der Waals surface area (Å²) in [4.78, 5) is 24.1. The Morgan fingerprint density at radius 3 is 1.45 bits per heavy atom. The first kappa shape index (κ1) is 20.8. The van der Waals surface area contributed by atoms with Gasteiger partial charge >= 0.3 is 11.9 Å². The van der Waals surface area contributed by atoms with Crippen molar-refractivity contribution in [3.05, 3.63) is 105 Å². The van der Waals surface area contributed by atoms with E-state index in [0.29, 0.717) is 21.2 Å². The summed E-state index contributed by atoms with van der Waals surface area (Å²) in [6.45, 7) is -0.515. The van der Waals surface area contributed by atoms with Gasteiger partial charge in [-0.05, 0) is 48.5 Å². The molecule has 0 radical (unpaired) electrons. The maximum Gasteiger partial charge on any atom is 0.338 e. The average molecular weight is 433 g/mol. The van der Waals surface area contributed by atoms with Crippen LogP contribution in [0.3, 0.4) is 0 Å². The Morgan fingerprint density at radius 1 is 0.690 bits per heavy atom. The van der Waals surface area contributed by atoms with Gasteiger partial charge in [-0.3, -0.25) is 0 Å². The summed E-state index contributed by atoms with van der Waals surface area (Å²) in [6, 6.07) is 16.9. The molecule has 3 rings (SSSR count). The lowest BCUT2D eigenvalue weighted by Crippen LogP contribution is -2.09. The van der Waals surface area contributed by atoms with E-state index in [4.69, 9.17) is 32.7 Å². The maximum atomic E-state index is 14.7. The molecule has 4 nitrogen and oxygen atoms in total. The highest BCUT2D eigenvalue weighted by molar-refractivity contribution is 6.30. The monoisotopic (exact) mass is 432 g/mol. The Labute approximate surface area is 176 Å². The maximum absolute atomic E-state index is 14.7. The van der Waals surface area contributed by atoms with E-state index < -0.39 is 17.8 Å². The van der Waals surface area contributed by atoms with Crippen molar-refractivity contribution in [1.29, 1.82) is 0 Å². The van der Waals surface area contributed by atoms with E-state index in [9.17, 15) is 14.0 Å². The third-order valence-corrected chi connectivity index (χ3v) is 4.54. The summed E-state index contributed by atoms with van der Waals surface area (Å²) in [7, 11) is 0. The lowest BCUT2D eigenvalue weighted by atomic mass is 10.1. The molecule has 0 unspecified atom stereocenters. The number of carbonyl (C=O) groups excluding carboxylic acids is 2. The third-order valence-electron chi connectivity index (χ3n) is 4.04. The molecule has 7 heteroatoms. The Balaban J connectivity index is 1.61. The predicted octanol–water partition coefficient (Wildman–Crippen LogP) is 5.85. The molecule has 0 amide bonds. The molecule has 148 valence electrons. The zero-order valence-electron chi connectivity index (χ0n) is 15.0. The van der Waals surface area contributed by atoms with Gasteiger partial charge in [0.2, 0.25) is 0 Å². The summed E-state index contributed by atoms with van der Waals surface area (Å²) >= 11 is 11.6. The topological polar surface area (TPSA) is 52.6 Å². The number of benzene rings is 3. The summed E-state index contributed by atoms with van der Waals surface area (Å²) in [6.07, 6.45) is 0. The molecule has 0 saturated carbocycles. The van der Waals surface area contributed by atoms with Crippen molar-refractivity contribution in [3.8, 4) is 0 Å². The number of hydrogen-bond acceptors (Lipinski definition) is 4. The molecule has 0 fully saturated rings. The Kier molecular flexibility index (Phi) is 6.86. The molecule has 0 bridgehead atoms. The average Bonchev–Trinajstić information content (AvgIpc) is 2.72. The molecule has 0 aromatic heterocycles. The second-order valence-corrected chi connectivity index (χ2v) is 6.93. The number of halogens is 3. The van der Waals surface area contributed by atoms with Crippen LogP contribution < -0.4 is 0 Å². The number of hydrogen-bond donors (Lipinski definition) is 0. The molecule has 0 aliphatic rings. The van der Waals surface area contributed by atoms with E-state index in [1.807, 2.05) is 0 Å². The van der Waals surface area contributed by atoms with E-state index in [1.165, 1.54) is 36.4 Å². The number of ether oxygens (including phenoxy) is 2. The summed E-state index contributed by atoms with van der Waals surface area (Å²) in [5.74, 6) is -1.79. The molecule has 0 spiro atoms. The minimum absolute atomic E-state index is 0.173. The molecule has 3 aromatic rings. The fraction of sp³-hybridized carbons (Fsp3) is 0.0909. The minimum Gasteiger partial charge on any atom is -0.457 e. The SMILES string of the molecule is O=C(OCc1cccc(COC(=O)c2ccc(Cl)cc2)c1F)c1ccc(Cl)cc1. The van der Waals surface area contributed by atoms with Crippen molar-refractivity contribution in [2.24, 2.45) is 0 Å². The third kappa shape index (κ3) is 5.56. The van der Waals surface area contributed by atoms with Gasteiger partial charge in [0.25, 0.3) is 0 Å². The van der Waals surface area contributed by atoms with Gasteiger partial charge in [0.15, 0.2) is 0 Å². The Bertz CT molecular complexity index is 938. The molecule has 29 heavy (non-hydrogen) atoms.